The van der Waals surface area contributed by atoms with E-state index >= 15 is 0 Å². The average Bonchev–Trinajstić information content (AvgIpc) is 2.90. The van der Waals surface area contributed by atoms with Gasteiger partial charge >= 0.3 is 5.97 Å². The van der Waals surface area contributed by atoms with Crippen LogP contribution in [0.1, 0.15) is 16.7 Å². The molecule has 35 heavy (non-hydrogen) atoms. The molecule has 8 nitrogen and oxygen atoms in total. The lowest BCUT2D eigenvalue weighted by Crippen LogP contribution is -2.61. The number of hydrogen-bond donors (Lipinski definition) is 3. The predicted octanol–water partition coefficient (Wildman–Crippen LogP) is 2.22. The molecule has 0 amide bonds. The van der Waals surface area contributed by atoms with Crippen LogP contribution in [0.5, 0.6) is 11.5 Å². The number of aliphatic hydroxyl groups is 3. The van der Waals surface area contributed by atoms with Crippen molar-refractivity contribution in [1.82, 2.24) is 0 Å². The monoisotopic (exact) mass is 480 g/mol. The smallest absolute Gasteiger partial charge is 0.337 e. The third-order valence-corrected chi connectivity index (χ3v) is 5.76. The van der Waals surface area contributed by atoms with Crippen molar-refractivity contribution in [3.63, 3.8) is 0 Å². The Hall–Kier alpha value is -3.43. The molecule has 0 spiro atoms. The van der Waals surface area contributed by atoms with E-state index in [4.69, 9.17) is 14.2 Å². The Morgan fingerprint density at radius 2 is 1.37 bits per heavy atom. The second kappa shape index (κ2) is 11.3. The van der Waals surface area contributed by atoms with E-state index < -0.39 is 36.7 Å². The van der Waals surface area contributed by atoms with Gasteiger partial charge < -0.3 is 34.3 Å². The summed E-state index contributed by atoms with van der Waals surface area (Å²) >= 11 is 0. The Morgan fingerprint density at radius 1 is 0.771 bits per heavy atom. The van der Waals surface area contributed by atoms with Gasteiger partial charge in [-0.15, -0.1) is 0 Å². The number of rotatable bonds is 8. The van der Waals surface area contributed by atoms with Gasteiger partial charge in [0.25, 0.3) is 0 Å². The minimum atomic E-state index is -1.63. The van der Waals surface area contributed by atoms with E-state index in [1.54, 1.807) is 12.1 Å². The Kier molecular flexibility index (Phi) is 7.99. The third-order valence-electron chi connectivity index (χ3n) is 5.76. The lowest BCUT2D eigenvalue weighted by Gasteiger charge is -2.38. The zero-order chi connectivity index (χ0) is 24.8. The van der Waals surface area contributed by atoms with E-state index in [1.165, 1.54) is 0 Å². The van der Waals surface area contributed by atoms with Crippen LogP contribution >= 0.6 is 0 Å². The van der Waals surface area contributed by atoms with Crippen LogP contribution < -0.4 is 9.47 Å². The maximum absolute atomic E-state index is 11.8. The van der Waals surface area contributed by atoms with Crippen LogP contribution in [-0.4, -0.2) is 59.1 Å². The van der Waals surface area contributed by atoms with Crippen LogP contribution in [0, 0.1) is 0 Å². The van der Waals surface area contributed by atoms with Crippen LogP contribution in [0.15, 0.2) is 78.9 Å². The molecule has 184 valence electrons. The molecule has 5 atom stereocenters. The molecule has 8 heteroatoms. The lowest BCUT2D eigenvalue weighted by molar-refractivity contribution is -0.271. The van der Waals surface area contributed by atoms with E-state index in [2.05, 4.69) is 4.74 Å². The fourth-order valence-electron chi connectivity index (χ4n) is 3.76. The van der Waals surface area contributed by atoms with Gasteiger partial charge in [-0.05, 0) is 47.4 Å². The van der Waals surface area contributed by atoms with Crippen LogP contribution in [0.25, 0.3) is 0 Å². The van der Waals surface area contributed by atoms with Gasteiger partial charge in [0.2, 0.25) is 6.29 Å². The highest BCUT2D eigenvalue weighted by atomic mass is 16.7. The number of carbonyl (C=O) groups is 1. The van der Waals surface area contributed by atoms with E-state index in [0.29, 0.717) is 18.8 Å². The highest BCUT2D eigenvalue weighted by Gasteiger charge is 2.48. The summed E-state index contributed by atoms with van der Waals surface area (Å²) in [5, 5.41) is 30.2. The van der Waals surface area contributed by atoms with Gasteiger partial charge in [0, 0.05) is 0 Å². The SMILES string of the molecule is COC(=O)[C@H]1O[C@@H](Oc2ccc(Cc3ccc(OCc4ccccc4)cc3)cc2)[C@H](O)[C@@H](O)[C@@H]1O. The van der Waals surface area contributed by atoms with Gasteiger partial charge in [0.15, 0.2) is 6.10 Å². The molecule has 3 N–H and O–H groups in total. The van der Waals surface area contributed by atoms with E-state index in [9.17, 15) is 20.1 Å². The first-order chi connectivity index (χ1) is 16.9. The molecule has 0 aromatic heterocycles. The zero-order valence-electron chi connectivity index (χ0n) is 19.2. The number of benzene rings is 3. The minimum absolute atomic E-state index is 0.370. The van der Waals surface area contributed by atoms with Gasteiger partial charge in [-0.2, -0.15) is 0 Å². The molecule has 3 aromatic rings. The van der Waals surface area contributed by atoms with Crippen molar-refractivity contribution in [2.75, 3.05) is 7.11 Å². The predicted molar refractivity (Wildman–Crippen MR) is 126 cm³/mol. The van der Waals surface area contributed by atoms with Crippen LogP contribution in [-0.2, 0) is 27.3 Å². The fourth-order valence-corrected chi connectivity index (χ4v) is 3.76. The van der Waals surface area contributed by atoms with E-state index in [0.717, 1.165) is 29.5 Å². The Labute approximate surface area is 203 Å². The summed E-state index contributed by atoms with van der Waals surface area (Å²) in [4.78, 5) is 11.8. The number of aliphatic hydroxyl groups excluding tert-OH is 3. The van der Waals surface area contributed by atoms with E-state index in [-0.39, 0.29) is 0 Å². The number of carbonyl (C=O) groups excluding carboxylic acids is 1. The minimum Gasteiger partial charge on any atom is -0.489 e. The molecule has 0 radical (unpaired) electrons. The Bertz CT molecular complexity index is 1080. The highest BCUT2D eigenvalue weighted by Crippen LogP contribution is 2.26. The highest BCUT2D eigenvalue weighted by molar-refractivity contribution is 5.75. The second-order valence-corrected chi connectivity index (χ2v) is 8.28. The number of ether oxygens (including phenoxy) is 4. The first-order valence-electron chi connectivity index (χ1n) is 11.2. The maximum atomic E-state index is 11.8. The summed E-state index contributed by atoms with van der Waals surface area (Å²) in [7, 11) is 1.13. The molecule has 0 saturated carbocycles. The van der Waals surface area contributed by atoms with Gasteiger partial charge in [0.1, 0.15) is 36.4 Å². The first kappa shape index (κ1) is 24.7. The summed E-state index contributed by atoms with van der Waals surface area (Å²) in [6.07, 6.45) is -6.94. The number of hydrogen-bond acceptors (Lipinski definition) is 8. The lowest BCUT2D eigenvalue weighted by atomic mass is 9.99. The molecule has 1 heterocycles. The Morgan fingerprint density at radius 3 is 1.97 bits per heavy atom. The van der Waals surface area contributed by atoms with Crippen LogP contribution in [0.4, 0.5) is 0 Å². The number of esters is 1. The number of methoxy groups -OCH3 is 1. The van der Waals surface area contributed by atoms with Crippen molar-refractivity contribution in [3.8, 4) is 11.5 Å². The van der Waals surface area contributed by atoms with Gasteiger partial charge in [0.05, 0.1) is 7.11 Å². The van der Waals surface area contributed by atoms with Crippen molar-refractivity contribution in [3.05, 3.63) is 95.6 Å². The molecular formula is C27H28O8. The quantitative estimate of drug-likeness (QED) is 0.421. The van der Waals surface area contributed by atoms with Crippen molar-refractivity contribution in [1.29, 1.82) is 0 Å². The molecule has 3 aromatic carbocycles. The maximum Gasteiger partial charge on any atom is 0.337 e. The van der Waals surface area contributed by atoms with Crippen molar-refractivity contribution in [2.45, 2.75) is 43.7 Å². The first-order valence-corrected chi connectivity index (χ1v) is 11.2. The van der Waals surface area contributed by atoms with Crippen molar-refractivity contribution >= 4 is 5.97 Å². The largest absolute Gasteiger partial charge is 0.489 e. The summed E-state index contributed by atoms with van der Waals surface area (Å²) in [6, 6.07) is 25.0. The molecule has 0 aliphatic carbocycles. The van der Waals surface area contributed by atoms with Crippen LogP contribution in [0.2, 0.25) is 0 Å². The molecule has 0 unspecified atom stereocenters. The summed E-state index contributed by atoms with van der Waals surface area (Å²) < 4.78 is 21.4. The third kappa shape index (κ3) is 6.17. The topological polar surface area (TPSA) is 115 Å². The molecule has 4 rings (SSSR count). The van der Waals surface area contributed by atoms with Crippen LogP contribution in [0.3, 0.4) is 0 Å². The average molecular weight is 481 g/mol. The van der Waals surface area contributed by atoms with Crippen molar-refractivity contribution in [2.24, 2.45) is 0 Å². The molecule has 1 aliphatic rings. The standard InChI is InChI=1S/C27H28O8/c1-32-26(31)25-23(29)22(28)24(30)27(35-25)34-21-13-9-18(10-14-21)15-17-7-11-20(12-8-17)33-16-19-5-3-2-4-6-19/h2-14,22-25,27-30H,15-16H2,1H3/t22-,23-,24+,25-,27+/m0/s1. The molecule has 1 fully saturated rings. The fraction of sp³-hybridized carbons (Fsp3) is 0.296. The van der Waals surface area contributed by atoms with Gasteiger partial charge in [-0.1, -0.05) is 54.6 Å². The molecule has 0 bridgehead atoms. The van der Waals surface area contributed by atoms with Gasteiger partial charge in [-0.25, -0.2) is 4.79 Å². The molecule has 1 aliphatic heterocycles. The summed E-state index contributed by atoms with van der Waals surface area (Å²) in [6.45, 7) is 0.511. The normalized spacial score (nSPS) is 23.9. The van der Waals surface area contributed by atoms with Gasteiger partial charge in [-0.3, -0.25) is 0 Å². The summed E-state index contributed by atoms with van der Waals surface area (Å²) in [5.74, 6) is 0.295. The van der Waals surface area contributed by atoms with E-state index in [1.807, 2.05) is 66.7 Å². The molecule has 1 saturated heterocycles. The Balaban J connectivity index is 1.33. The molecular weight excluding hydrogens is 452 g/mol. The second-order valence-electron chi connectivity index (χ2n) is 8.28. The summed E-state index contributed by atoms with van der Waals surface area (Å²) in [5.41, 5.74) is 3.25. The zero-order valence-corrected chi connectivity index (χ0v) is 19.2. The van der Waals surface area contributed by atoms with Crippen molar-refractivity contribution < 1.29 is 39.1 Å².